The van der Waals surface area contributed by atoms with Crippen molar-refractivity contribution in [2.75, 3.05) is 6.54 Å². The number of nitrogens with two attached hydrogens (primary N) is 2. The van der Waals surface area contributed by atoms with E-state index in [0.717, 1.165) is 0 Å². The van der Waals surface area contributed by atoms with Crippen molar-refractivity contribution in [1.29, 1.82) is 0 Å². The van der Waals surface area contributed by atoms with Gasteiger partial charge in [-0.3, -0.25) is 4.79 Å². The maximum Gasteiger partial charge on any atom is 0.224 e. The van der Waals surface area contributed by atoms with Crippen molar-refractivity contribution < 1.29 is 4.79 Å². The Bertz CT molecular complexity index is 82.5. The Morgan fingerprint density at radius 3 is 2.25 bits per heavy atom. The SMILES string of the molecule is C[C](CCN)C(N)=O. The molecule has 0 heterocycles. The zero-order valence-electron chi connectivity index (χ0n) is 4.98. The summed E-state index contributed by atoms with van der Waals surface area (Å²) in [6.45, 7) is 2.18. The summed E-state index contributed by atoms with van der Waals surface area (Å²) in [5.41, 5.74) is 10.0. The number of amides is 1. The van der Waals surface area contributed by atoms with Crippen LogP contribution < -0.4 is 11.5 Å². The van der Waals surface area contributed by atoms with Gasteiger partial charge in [0.05, 0.1) is 5.92 Å². The largest absolute Gasteiger partial charge is 0.369 e. The monoisotopic (exact) mass is 115 g/mol. The lowest BCUT2D eigenvalue weighted by molar-refractivity contribution is -0.116. The number of hydrogen-bond donors (Lipinski definition) is 2. The third-order valence-electron chi connectivity index (χ3n) is 0.940. The first-order chi connectivity index (χ1) is 3.68. The van der Waals surface area contributed by atoms with E-state index in [4.69, 9.17) is 11.5 Å². The fraction of sp³-hybridized carbons (Fsp3) is 0.600. The minimum absolute atomic E-state index is 0.351. The summed E-state index contributed by atoms with van der Waals surface area (Å²) in [5, 5.41) is 0. The first kappa shape index (κ1) is 7.43. The van der Waals surface area contributed by atoms with Gasteiger partial charge in [-0.2, -0.15) is 0 Å². The molecule has 0 spiro atoms. The van der Waals surface area contributed by atoms with Crippen LogP contribution in [0.3, 0.4) is 0 Å². The second-order valence-electron chi connectivity index (χ2n) is 1.68. The van der Waals surface area contributed by atoms with Crippen molar-refractivity contribution in [3.8, 4) is 0 Å². The van der Waals surface area contributed by atoms with E-state index in [-0.39, 0.29) is 5.91 Å². The molecule has 47 valence electrons. The first-order valence-electron chi connectivity index (χ1n) is 2.50. The molecule has 3 nitrogen and oxygen atoms in total. The third-order valence-corrected chi connectivity index (χ3v) is 0.940. The molecule has 0 bridgehead atoms. The van der Waals surface area contributed by atoms with Gasteiger partial charge in [0.1, 0.15) is 0 Å². The van der Waals surface area contributed by atoms with E-state index < -0.39 is 0 Å². The molecule has 4 N–H and O–H groups in total. The molecule has 0 rings (SSSR count). The Hall–Kier alpha value is -0.570. The van der Waals surface area contributed by atoms with Crippen molar-refractivity contribution in [2.45, 2.75) is 13.3 Å². The molecule has 3 heteroatoms. The number of primary amides is 1. The summed E-state index contributed by atoms with van der Waals surface area (Å²) in [6.07, 6.45) is 0.606. The van der Waals surface area contributed by atoms with E-state index >= 15 is 0 Å². The van der Waals surface area contributed by atoms with Crippen LogP contribution in [0.15, 0.2) is 0 Å². The molecular formula is C5H11N2O. The Balaban J connectivity index is 3.32. The molecule has 0 saturated carbocycles. The van der Waals surface area contributed by atoms with Gasteiger partial charge in [-0.25, -0.2) is 0 Å². The highest BCUT2D eigenvalue weighted by molar-refractivity contribution is 5.87. The topological polar surface area (TPSA) is 69.1 Å². The van der Waals surface area contributed by atoms with Crippen LogP contribution in [-0.4, -0.2) is 12.5 Å². The van der Waals surface area contributed by atoms with Crippen LogP contribution >= 0.6 is 0 Å². The summed E-state index contributed by atoms with van der Waals surface area (Å²) < 4.78 is 0. The average Bonchev–Trinajstić information content (AvgIpc) is 1.67. The van der Waals surface area contributed by atoms with Gasteiger partial charge in [-0.05, 0) is 19.9 Å². The van der Waals surface area contributed by atoms with E-state index in [1.54, 1.807) is 6.92 Å². The minimum atomic E-state index is -0.351. The molecule has 0 aliphatic carbocycles. The van der Waals surface area contributed by atoms with Gasteiger partial charge in [0.25, 0.3) is 0 Å². The van der Waals surface area contributed by atoms with Crippen molar-refractivity contribution in [3.05, 3.63) is 5.92 Å². The standard InChI is InChI=1S/C5H11N2O/c1-4(2-3-6)5(7)8/h2-3,6H2,1H3,(H2,7,8). The van der Waals surface area contributed by atoms with Gasteiger partial charge in [-0.1, -0.05) is 0 Å². The van der Waals surface area contributed by atoms with E-state index in [0.29, 0.717) is 18.9 Å². The van der Waals surface area contributed by atoms with Crippen molar-refractivity contribution in [1.82, 2.24) is 0 Å². The Morgan fingerprint density at radius 1 is 1.62 bits per heavy atom. The van der Waals surface area contributed by atoms with Gasteiger partial charge in [0.2, 0.25) is 5.91 Å². The Kier molecular flexibility index (Phi) is 3.19. The molecular weight excluding hydrogens is 104 g/mol. The van der Waals surface area contributed by atoms with Crippen molar-refractivity contribution in [3.63, 3.8) is 0 Å². The van der Waals surface area contributed by atoms with Gasteiger partial charge in [0.15, 0.2) is 0 Å². The molecule has 1 amide bonds. The lowest BCUT2D eigenvalue weighted by atomic mass is 10.1. The molecule has 0 aliphatic rings. The van der Waals surface area contributed by atoms with Crippen LogP contribution in [0.5, 0.6) is 0 Å². The second-order valence-corrected chi connectivity index (χ2v) is 1.68. The molecule has 0 unspecified atom stereocenters. The summed E-state index contributed by atoms with van der Waals surface area (Å²) in [7, 11) is 0. The molecule has 0 aromatic rings. The lowest BCUT2D eigenvalue weighted by Crippen LogP contribution is -2.20. The summed E-state index contributed by atoms with van der Waals surface area (Å²) in [5.74, 6) is 0.294. The number of carbonyl (C=O) groups is 1. The van der Waals surface area contributed by atoms with Crippen LogP contribution in [-0.2, 0) is 4.79 Å². The van der Waals surface area contributed by atoms with Crippen LogP contribution in [0.1, 0.15) is 13.3 Å². The summed E-state index contributed by atoms with van der Waals surface area (Å²) in [4.78, 5) is 10.2. The molecule has 0 aromatic heterocycles. The predicted octanol–water partition coefficient (Wildman–Crippen LogP) is -0.585. The Labute approximate surface area is 49.0 Å². The van der Waals surface area contributed by atoms with Crippen LogP contribution in [0.25, 0.3) is 0 Å². The quantitative estimate of drug-likeness (QED) is 0.516. The number of hydrogen-bond acceptors (Lipinski definition) is 2. The molecule has 0 aliphatic heterocycles. The lowest BCUT2D eigenvalue weighted by Gasteiger charge is -2.00. The van der Waals surface area contributed by atoms with Crippen LogP contribution in [0, 0.1) is 5.92 Å². The average molecular weight is 115 g/mol. The maximum absolute atomic E-state index is 10.2. The molecule has 0 fully saturated rings. The van der Waals surface area contributed by atoms with Gasteiger partial charge in [0, 0.05) is 0 Å². The molecule has 0 aromatic carbocycles. The molecule has 0 atom stereocenters. The highest BCUT2D eigenvalue weighted by atomic mass is 16.1. The minimum Gasteiger partial charge on any atom is -0.369 e. The Morgan fingerprint density at radius 2 is 2.12 bits per heavy atom. The van der Waals surface area contributed by atoms with Crippen LogP contribution in [0.4, 0.5) is 0 Å². The van der Waals surface area contributed by atoms with Gasteiger partial charge in [-0.15, -0.1) is 0 Å². The van der Waals surface area contributed by atoms with E-state index in [2.05, 4.69) is 0 Å². The highest BCUT2D eigenvalue weighted by Gasteiger charge is 2.06. The second kappa shape index (κ2) is 3.43. The zero-order valence-corrected chi connectivity index (χ0v) is 4.98. The zero-order chi connectivity index (χ0) is 6.57. The highest BCUT2D eigenvalue weighted by Crippen LogP contribution is 1.99. The van der Waals surface area contributed by atoms with Crippen LogP contribution in [0.2, 0.25) is 0 Å². The van der Waals surface area contributed by atoms with Gasteiger partial charge >= 0.3 is 0 Å². The maximum atomic E-state index is 10.2. The van der Waals surface area contributed by atoms with E-state index in [1.165, 1.54) is 0 Å². The van der Waals surface area contributed by atoms with Crippen molar-refractivity contribution >= 4 is 5.91 Å². The smallest absolute Gasteiger partial charge is 0.224 e. The first-order valence-corrected chi connectivity index (χ1v) is 2.50. The van der Waals surface area contributed by atoms with Crippen molar-refractivity contribution in [2.24, 2.45) is 11.5 Å². The molecule has 8 heavy (non-hydrogen) atoms. The van der Waals surface area contributed by atoms with Gasteiger partial charge < -0.3 is 11.5 Å². The fourth-order valence-electron chi connectivity index (χ4n) is 0.340. The number of rotatable bonds is 3. The molecule has 0 saturated heterocycles. The predicted molar refractivity (Wildman–Crippen MR) is 31.8 cm³/mol. The van der Waals surface area contributed by atoms with E-state index in [9.17, 15) is 4.79 Å². The van der Waals surface area contributed by atoms with E-state index in [1.807, 2.05) is 0 Å². The number of carbonyl (C=O) groups excluding carboxylic acids is 1. The summed E-state index contributed by atoms with van der Waals surface area (Å²) in [6, 6.07) is 0. The third kappa shape index (κ3) is 2.58. The normalized spacial score (nSPS) is 9.88. The molecule has 1 radical (unpaired) electrons. The summed E-state index contributed by atoms with van der Waals surface area (Å²) >= 11 is 0. The fourth-order valence-corrected chi connectivity index (χ4v) is 0.340.